The molecular formula is C19H20N2O2S. The van der Waals surface area contributed by atoms with E-state index in [0.29, 0.717) is 12.2 Å². The minimum atomic E-state index is -0.0322. The number of aryl methyl sites for hydroxylation is 1. The van der Waals surface area contributed by atoms with E-state index in [1.807, 2.05) is 67.3 Å². The van der Waals surface area contributed by atoms with Crippen LogP contribution in [0.2, 0.25) is 0 Å². The van der Waals surface area contributed by atoms with Crippen LogP contribution in [0.1, 0.15) is 29.8 Å². The molecule has 0 aliphatic carbocycles. The number of amides is 2. The zero-order chi connectivity index (χ0) is 17.1. The van der Waals surface area contributed by atoms with Crippen molar-refractivity contribution in [1.29, 1.82) is 0 Å². The Balaban J connectivity index is 1.85. The highest BCUT2D eigenvalue weighted by atomic mass is 32.2. The topological polar surface area (TPSA) is 49.4 Å². The molecule has 1 unspecified atom stereocenters. The molecule has 0 radical (unpaired) electrons. The Bertz CT molecular complexity index is 758. The fourth-order valence-electron chi connectivity index (χ4n) is 2.71. The normalized spacial score (nSPS) is 17.2. The third-order valence-electron chi connectivity index (χ3n) is 3.95. The lowest BCUT2D eigenvalue weighted by Gasteiger charge is -2.25. The molecule has 2 amide bonds. The van der Waals surface area contributed by atoms with Crippen LogP contribution < -0.4 is 10.2 Å². The van der Waals surface area contributed by atoms with E-state index in [2.05, 4.69) is 5.32 Å². The Morgan fingerprint density at radius 2 is 2.00 bits per heavy atom. The molecule has 3 rings (SSSR count). The van der Waals surface area contributed by atoms with Crippen LogP contribution in [0.5, 0.6) is 0 Å². The van der Waals surface area contributed by atoms with Crippen LogP contribution in [0.15, 0.2) is 48.5 Å². The Hall–Kier alpha value is -2.27. The number of carbonyl (C=O) groups excluding carboxylic acids is 2. The third-order valence-corrected chi connectivity index (χ3v) is 5.16. The van der Waals surface area contributed by atoms with Crippen molar-refractivity contribution in [3.05, 3.63) is 59.7 Å². The molecule has 1 aliphatic rings. The number of benzene rings is 2. The van der Waals surface area contributed by atoms with Crippen LogP contribution in [0.3, 0.4) is 0 Å². The van der Waals surface area contributed by atoms with Crippen molar-refractivity contribution in [2.75, 3.05) is 16.0 Å². The van der Waals surface area contributed by atoms with E-state index >= 15 is 0 Å². The van der Waals surface area contributed by atoms with Crippen molar-refractivity contribution in [1.82, 2.24) is 0 Å². The Morgan fingerprint density at radius 1 is 1.25 bits per heavy atom. The summed E-state index contributed by atoms with van der Waals surface area (Å²) in [5.74, 6) is 0.598. The summed E-state index contributed by atoms with van der Waals surface area (Å²) in [5.41, 5.74) is 3.90. The van der Waals surface area contributed by atoms with Crippen LogP contribution in [0.4, 0.5) is 11.4 Å². The lowest BCUT2D eigenvalue weighted by Crippen LogP contribution is -2.27. The van der Waals surface area contributed by atoms with Gasteiger partial charge in [0.2, 0.25) is 11.8 Å². The quantitative estimate of drug-likeness (QED) is 0.911. The SMILES string of the molecule is CCC(=O)Nc1ccc(C2SCC(=O)N2c2cccc(C)c2)cc1. The zero-order valence-corrected chi connectivity index (χ0v) is 14.6. The number of hydrogen-bond acceptors (Lipinski definition) is 3. The van der Waals surface area contributed by atoms with E-state index in [1.165, 1.54) is 0 Å². The second-order valence-corrected chi connectivity index (χ2v) is 6.86. The highest BCUT2D eigenvalue weighted by Crippen LogP contribution is 2.42. The Morgan fingerprint density at radius 3 is 2.67 bits per heavy atom. The van der Waals surface area contributed by atoms with E-state index in [-0.39, 0.29) is 17.2 Å². The first-order valence-corrected chi connectivity index (χ1v) is 9.03. The second-order valence-electron chi connectivity index (χ2n) is 5.79. The molecule has 0 aromatic heterocycles. The zero-order valence-electron chi connectivity index (χ0n) is 13.8. The summed E-state index contributed by atoms with van der Waals surface area (Å²) in [6.07, 6.45) is 0.454. The van der Waals surface area contributed by atoms with Crippen LogP contribution in [0.25, 0.3) is 0 Å². The number of nitrogens with one attached hydrogen (secondary N) is 1. The van der Waals surface area contributed by atoms with Crippen LogP contribution in [-0.4, -0.2) is 17.6 Å². The minimum Gasteiger partial charge on any atom is -0.326 e. The average molecular weight is 340 g/mol. The third kappa shape index (κ3) is 3.46. The van der Waals surface area contributed by atoms with Gasteiger partial charge in [0.25, 0.3) is 0 Å². The molecular weight excluding hydrogens is 320 g/mol. The van der Waals surface area contributed by atoms with Gasteiger partial charge in [0.15, 0.2) is 0 Å². The van der Waals surface area contributed by atoms with Gasteiger partial charge in [-0.05, 0) is 42.3 Å². The predicted molar refractivity (Wildman–Crippen MR) is 99.2 cm³/mol. The lowest BCUT2D eigenvalue weighted by atomic mass is 10.1. The maximum atomic E-state index is 12.4. The van der Waals surface area contributed by atoms with E-state index in [4.69, 9.17) is 0 Å². The molecule has 1 fully saturated rings. The number of nitrogens with zero attached hydrogens (tertiary/aromatic N) is 1. The molecule has 2 aromatic carbocycles. The lowest BCUT2D eigenvalue weighted by molar-refractivity contribution is -0.116. The number of anilines is 2. The molecule has 0 spiro atoms. The first-order valence-electron chi connectivity index (χ1n) is 7.98. The van der Waals surface area contributed by atoms with Crippen LogP contribution in [-0.2, 0) is 9.59 Å². The number of thioether (sulfide) groups is 1. The molecule has 5 heteroatoms. The Kier molecular flexibility index (Phi) is 4.90. The van der Waals surface area contributed by atoms with Crippen molar-refractivity contribution in [3.63, 3.8) is 0 Å². The standard InChI is InChI=1S/C19H20N2O2S/c1-3-17(22)20-15-9-7-14(8-10-15)19-21(18(23)12-24-19)16-6-4-5-13(2)11-16/h4-11,19H,3,12H2,1-2H3,(H,20,22). The Labute approximate surface area is 146 Å². The summed E-state index contributed by atoms with van der Waals surface area (Å²) in [5, 5.41) is 2.81. The summed E-state index contributed by atoms with van der Waals surface area (Å²) >= 11 is 1.63. The molecule has 1 N–H and O–H groups in total. The number of rotatable bonds is 4. The molecule has 2 aromatic rings. The summed E-state index contributed by atoms with van der Waals surface area (Å²) < 4.78 is 0. The summed E-state index contributed by atoms with van der Waals surface area (Å²) in [4.78, 5) is 25.7. The van der Waals surface area contributed by atoms with Gasteiger partial charge >= 0.3 is 0 Å². The van der Waals surface area contributed by atoms with Crippen LogP contribution >= 0.6 is 11.8 Å². The molecule has 4 nitrogen and oxygen atoms in total. The minimum absolute atomic E-state index is 0.00504. The molecule has 124 valence electrons. The smallest absolute Gasteiger partial charge is 0.238 e. The summed E-state index contributed by atoms with van der Waals surface area (Å²) in [6, 6.07) is 15.7. The van der Waals surface area contributed by atoms with Gasteiger partial charge < -0.3 is 5.32 Å². The van der Waals surface area contributed by atoms with Gasteiger partial charge in [0.1, 0.15) is 5.37 Å². The number of hydrogen-bond donors (Lipinski definition) is 1. The van der Waals surface area contributed by atoms with Gasteiger partial charge in [-0.1, -0.05) is 31.2 Å². The van der Waals surface area contributed by atoms with Gasteiger partial charge in [0.05, 0.1) is 5.75 Å². The summed E-state index contributed by atoms with van der Waals surface area (Å²) in [7, 11) is 0. The van der Waals surface area contributed by atoms with Gasteiger partial charge in [-0.2, -0.15) is 0 Å². The van der Waals surface area contributed by atoms with Crippen molar-refractivity contribution in [3.8, 4) is 0 Å². The van der Waals surface area contributed by atoms with E-state index in [9.17, 15) is 9.59 Å². The van der Waals surface area contributed by atoms with Gasteiger partial charge in [-0.25, -0.2) is 0 Å². The fraction of sp³-hybridized carbons (Fsp3) is 0.263. The maximum absolute atomic E-state index is 12.4. The van der Waals surface area contributed by atoms with E-state index < -0.39 is 0 Å². The largest absolute Gasteiger partial charge is 0.326 e. The van der Waals surface area contributed by atoms with E-state index in [0.717, 1.165) is 22.5 Å². The monoisotopic (exact) mass is 340 g/mol. The summed E-state index contributed by atoms with van der Waals surface area (Å²) in [6.45, 7) is 3.85. The highest BCUT2D eigenvalue weighted by Gasteiger charge is 2.33. The molecule has 24 heavy (non-hydrogen) atoms. The second kappa shape index (κ2) is 7.09. The molecule has 0 saturated carbocycles. The van der Waals surface area contributed by atoms with E-state index in [1.54, 1.807) is 11.8 Å². The van der Waals surface area contributed by atoms with Crippen molar-refractivity contribution in [2.24, 2.45) is 0 Å². The van der Waals surface area contributed by atoms with Crippen molar-refractivity contribution in [2.45, 2.75) is 25.6 Å². The van der Waals surface area contributed by atoms with Crippen LogP contribution in [0, 0.1) is 6.92 Å². The number of carbonyl (C=O) groups is 2. The van der Waals surface area contributed by atoms with Gasteiger partial charge in [-0.15, -0.1) is 11.8 Å². The molecule has 1 heterocycles. The van der Waals surface area contributed by atoms with Crippen molar-refractivity contribution >= 4 is 35.0 Å². The first-order chi connectivity index (χ1) is 11.6. The van der Waals surface area contributed by atoms with Crippen molar-refractivity contribution < 1.29 is 9.59 Å². The van der Waals surface area contributed by atoms with Gasteiger partial charge in [-0.3, -0.25) is 14.5 Å². The predicted octanol–water partition coefficient (Wildman–Crippen LogP) is 4.12. The molecule has 1 atom stereocenters. The molecule has 1 aliphatic heterocycles. The highest BCUT2D eigenvalue weighted by molar-refractivity contribution is 8.00. The fourth-order valence-corrected chi connectivity index (χ4v) is 3.89. The van der Waals surface area contributed by atoms with Gasteiger partial charge in [0, 0.05) is 17.8 Å². The average Bonchev–Trinajstić information content (AvgIpc) is 2.97. The first kappa shape index (κ1) is 16.6. The maximum Gasteiger partial charge on any atom is 0.238 e. The molecule has 1 saturated heterocycles. The molecule has 0 bridgehead atoms.